The highest BCUT2D eigenvalue weighted by atomic mass is 35.5. The summed E-state index contributed by atoms with van der Waals surface area (Å²) >= 11 is 12.5. The minimum atomic E-state index is 0.0325. The molecule has 0 radical (unpaired) electrons. The molecule has 152 valence electrons. The van der Waals surface area contributed by atoms with Gasteiger partial charge < -0.3 is 14.0 Å². The largest absolute Gasteiger partial charge is 0.486 e. The van der Waals surface area contributed by atoms with Crippen LogP contribution in [0.1, 0.15) is 24.7 Å². The Morgan fingerprint density at radius 3 is 2.86 bits per heavy atom. The number of nitrogens with zero attached hydrogens (tertiary/aromatic N) is 3. The van der Waals surface area contributed by atoms with Crippen LogP contribution in [0.15, 0.2) is 42.5 Å². The zero-order valence-electron chi connectivity index (χ0n) is 16.1. The second-order valence-electron chi connectivity index (χ2n) is 7.72. The first kappa shape index (κ1) is 19.0. The number of hydrogen-bond donors (Lipinski definition) is 0. The van der Waals surface area contributed by atoms with Crippen LogP contribution < -0.4 is 9.47 Å². The monoisotopic (exact) mass is 431 g/mol. The van der Waals surface area contributed by atoms with Crippen LogP contribution in [-0.2, 0) is 5.88 Å². The molecule has 2 atom stereocenters. The summed E-state index contributed by atoms with van der Waals surface area (Å²) in [7, 11) is 0. The molecule has 7 heteroatoms. The van der Waals surface area contributed by atoms with Gasteiger partial charge in [-0.05, 0) is 49.7 Å². The number of para-hydroxylation sites is 2. The van der Waals surface area contributed by atoms with Crippen LogP contribution in [0.25, 0.3) is 11.0 Å². The van der Waals surface area contributed by atoms with E-state index in [1.54, 1.807) is 0 Å². The van der Waals surface area contributed by atoms with Gasteiger partial charge in [-0.3, -0.25) is 4.90 Å². The molecular formula is C22H23Cl2N3O2. The first-order chi connectivity index (χ1) is 14.2. The van der Waals surface area contributed by atoms with Gasteiger partial charge in [0.25, 0.3) is 0 Å². The van der Waals surface area contributed by atoms with E-state index >= 15 is 0 Å². The average Bonchev–Trinajstić information content (AvgIpc) is 3.11. The van der Waals surface area contributed by atoms with Gasteiger partial charge in [0.1, 0.15) is 18.5 Å². The highest BCUT2D eigenvalue weighted by Crippen LogP contribution is 2.33. The van der Waals surface area contributed by atoms with Crippen LogP contribution >= 0.6 is 23.2 Å². The molecule has 0 amide bonds. The van der Waals surface area contributed by atoms with Crippen LogP contribution in [0.2, 0.25) is 5.02 Å². The lowest BCUT2D eigenvalue weighted by atomic mass is 10.0. The summed E-state index contributed by atoms with van der Waals surface area (Å²) in [5, 5.41) is 0.721. The van der Waals surface area contributed by atoms with Gasteiger partial charge in [-0.1, -0.05) is 23.7 Å². The first-order valence-corrected chi connectivity index (χ1v) is 11.0. The topological polar surface area (TPSA) is 39.5 Å². The van der Waals surface area contributed by atoms with Gasteiger partial charge in [-0.15, -0.1) is 11.6 Å². The third kappa shape index (κ3) is 3.79. The number of piperidine rings is 1. The Bertz CT molecular complexity index is 1020. The van der Waals surface area contributed by atoms with Crippen molar-refractivity contribution >= 4 is 34.2 Å². The normalized spacial score (nSPS) is 22.1. The van der Waals surface area contributed by atoms with Gasteiger partial charge in [0.2, 0.25) is 0 Å². The van der Waals surface area contributed by atoms with Crippen LogP contribution in [0.3, 0.4) is 0 Å². The van der Waals surface area contributed by atoms with Crippen molar-refractivity contribution in [2.45, 2.75) is 30.9 Å². The SMILES string of the molecule is ClCc1nc2ccc(Cl)cc2n1[C@H]1CCCN(C[C@H]2COc3ccccc3O2)C1. The van der Waals surface area contributed by atoms with Crippen molar-refractivity contribution in [3.63, 3.8) is 0 Å². The van der Waals surface area contributed by atoms with E-state index in [9.17, 15) is 0 Å². The van der Waals surface area contributed by atoms with E-state index in [0.717, 1.165) is 65.9 Å². The molecule has 1 saturated heterocycles. The Labute approximate surface area is 180 Å². The molecule has 2 aliphatic rings. The number of benzene rings is 2. The summed E-state index contributed by atoms with van der Waals surface area (Å²) in [6.07, 6.45) is 2.25. The second-order valence-corrected chi connectivity index (χ2v) is 8.42. The van der Waals surface area contributed by atoms with Crippen LogP contribution in [0.4, 0.5) is 0 Å². The van der Waals surface area contributed by atoms with Crippen molar-refractivity contribution in [2.24, 2.45) is 0 Å². The van der Waals surface area contributed by atoms with Gasteiger partial charge in [-0.2, -0.15) is 0 Å². The maximum absolute atomic E-state index is 6.27. The smallest absolute Gasteiger partial charge is 0.161 e. The first-order valence-electron chi connectivity index (χ1n) is 10.0. The van der Waals surface area contributed by atoms with Crippen LogP contribution in [0, 0.1) is 0 Å². The lowest BCUT2D eigenvalue weighted by Gasteiger charge is -2.37. The molecule has 0 aliphatic carbocycles. The maximum atomic E-state index is 6.27. The quantitative estimate of drug-likeness (QED) is 0.550. The predicted octanol–water partition coefficient (Wildman–Crippen LogP) is 4.91. The summed E-state index contributed by atoms with van der Waals surface area (Å²) in [5.41, 5.74) is 2.01. The number of alkyl halides is 1. The minimum absolute atomic E-state index is 0.0325. The summed E-state index contributed by atoms with van der Waals surface area (Å²) in [6.45, 7) is 3.41. The van der Waals surface area contributed by atoms with E-state index in [0.29, 0.717) is 18.5 Å². The second kappa shape index (κ2) is 8.05. The third-order valence-corrected chi connectivity index (χ3v) is 6.19. The highest BCUT2D eigenvalue weighted by Gasteiger charge is 2.29. The van der Waals surface area contributed by atoms with Crippen LogP contribution in [0.5, 0.6) is 11.5 Å². The number of hydrogen-bond acceptors (Lipinski definition) is 4. The molecule has 29 heavy (non-hydrogen) atoms. The molecule has 3 heterocycles. The minimum Gasteiger partial charge on any atom is -0.486 e. The van der Waals surface area contributed by atoms with Gasteiger partial charge in [0.15, 0.2) is 11.5 Å². The predicted molar refractivity (Wildman–Crippen MR) is 115 cm³/mol. The molecule has 0 unspecified atom stereocenters. The van der Waals surface area contributed by atoms with Crippen molar-refractivity contribution < 1.29 is 9.47 Å². The number of ether oxygens (including phenoxy) is 2. The molecule has 5 rings (SSSR count). The molecule has 0 saturated carbocycles. The summed E-state index contributed by atoms with van der Waals surface area (Å²) in [6, 6.07) is 14.0. The summed E-state index contributed by atoms with van der Waals surface area (Å²) < 4.78 is 14.3. The van der Waals surface area contributed by atoms with E-state index in [1.807, 2.05) is 42.5 Å². The molecule has 5 nitrogen and oxygen atoms in total. The van der Waals surface area contributed by atoms with Crippen molar-refractivity contribution in [3.05, 3.63) is 53.3 Å². The molecule has 0 spiro atoms. The average molecular weight is 432 g/mol. The Balaban J connectivity index is 1.34. The maximum Gasteiger partial charge on any atom is 0.161 e. The molecule has 3 aromatic rings. The third-order valence-electron chi connectivity index (χ3n) is 5.72. The molecule has 0 N–H and O–H groups in total. The van der Waals surface area contributed by atoms with E-state index in [4.69, 9.17) is 37.7 Å². The lowest BCUT2D eigenvalue weighted by molar-refractivity contribution is 0.0462. The Kier molecular flexibility index (Phi) is 5.29. The van der Waals surface area contributed by atoms with E-state index in [-0.39, 0.29) is 6.10 Å². The van der Waals surface area contributed by atoms with Crippen molar-refractivity contribution in [3.8, 4) is 11.5 Å². The number of likely N-dealkylation sites (tertiary alicyclic amines) is 1. The van der Waals surface area contributed by atoms with Crippen molar-refractivity contribution in [1.29, 1.82) is 0 Å². The molecule has 2 aliphatic heterocycles. The van der Waals surface area contributed by atoms with E-state index < -0.39 is 0 Å². The van der Waals surface area contributed by atoms with Crippen molar-refractivity contribution in [1.82, 2.24) is 14.5 Å². The fourth-order valence-electron chi connectivity index (χ4n) is 4.47. The lowest BCUT2D eigenvalue weighted by Crippen LogP contribution is -2.45. The highest BCUT2D eigenvalue weighted by molar-refractivity contribution is 6.31. The van der Waals surface area contributed by atoms with E-state index in [2.05, 4.69) is 9.47 Å². The summed E-state index contributed by atoms with van der Waals surface area (Å²) in [4.78, 5) is 7.19. The molecule has 1 aromatic heterocycles. The van der Waals surface area contributed by atoms with Crippen molar-refractivity contribution in [2.75, 3.05) is 26.2 Å². The molecular weight excluding hydrogens is 409 g/mol. The Morgan fingerprint density at radius 1 is 1.14 bits per heavy atom. The number of aromatic nitrogens is 2. The Hall–Kier alpha value is -1.95. The fourth-order valence-corrected chi connectivity index (χ4v) is 4.82. The molecule has 2 aromatic carbocycles. The van der Waals surface area contributed by atoms with Gasteiger partial charge in [0.05, 0.1) is 16.9 Å². The zero-order valence-corrected chi connectivity index (χ0v) is 17.6. The van der Waals surface area contributed by atoms with Gasteiger partial charge in [0, 0.05) is 24.2 Å². The molecule has 1 fully saturated rings. The zero-order chi connectivity index (χ0) is 19.8. The van der Waals surface area contributed by atoms with Crippen LogP contribution in [-0.4, -0.2) is 46.8 Å². The summed E-state index contributed by atoms with van der Waals surface area (Å²) in [5.74, 6) is 2.95. The van der Waals surface area contributed by atoms with Gasteiger partial charge in [-0.25, -0.2) is 4.98 Å². The number of imidazole rings is 1. The fraction of sp³-hybridized carbons (Fsp3) is 0.409. The number of halogens is 2. The molecule has 0 bridgehead atoms. The Morgan fingerprint density at radius 2 is 2.00 bits per heavy atom. The number of fused-ring (bicyclic) bond motifs is 2. The standard InChI is InChI=1S/C22H23Cl2N3O2/c23-11-22-25-18-8-7-15(24)10-19(18)27(22)16-4-3-9-26(12-16)13-17-14-28-20-5-1-2-6-21(20)29-17/h1-2,5-8,10,16-17H,3-4,9,11-14H2/t16-,17-/m0/s1. The van der Waals surface area contributed by atoms with E-state index in [1.165, 1.54) is 0 Å². The number of rotatable bonds is 4. The van der Waals surface area contributed by atoms with Gasteiger partial charge >= 0.3 is 0 Å².